The molecule has 1 aliphatic rings. The van der Waals surface area contributed by atoms with E-state index in [-0.39, 0.29) is 5.82 Å². The summed E-state index contributed by atoms with van der Waals surface area (Å²) >= 11 is 7.45. The molecule has 0 radical (unpaired) electrons. The highest BCUT2D eigenvalue weighted by Crippen LogP contribution is 2.47. The van der Waals surface area contributed by atoms with Gasteiger partial charge in [-0.1, -0.05) is 121 Å². The van der Waals surface area contributed by atoms with Crippen LogP contribution in [0.1, 0.15) is 11.1 Å². The van der Waals surface area contributed by atoms with Crippen LogP contribution in [0.25, 0.3) is 28.0 Å². The summed E-state index contributed by atoms with van der Waals surface area (Å²) in [6.07, 6.45) is 0. The Morgan fingerprint density at radius 1 is 0.625 bits per heavy atom. The lowest BCUT2D eigenvalue weighted by atomic mass is 10.0. The van der Waals surface area contributed by atoms with Gasteiger partial charge in [0.1, 0.15) is 5.82 Å². The first-order valence-electron chi connectivity index (χ1n) is 12.6. The Morgan fingerprint density at radius 3 is 1.62 bits per heavy atom. The van der Waals surface area contributed by atoms with Gasteiger partial charge >= 0.3 is 7.40 Å². The van der Waals surface area contributed by atoms with Crippen molar-refractivity contribution in [3.05, 3.63) is 141 Å². The second kappa shape index (κ2) is 11.3. The van der Waals surface area contributed by atoms with E-state index in [1.165, 1.54) is 0 Å². The van der Waals surface area contributed by atoms with Gasteiger partial charge in [0.2, 0.25) is 0 Å². The number of halogens is 4. The van der Waals surface area contributed by atoms with Gasteiger partial charge in [-0.3, -0.25) is 8.63 Å². The largest absolute Gasteiger partial charge is 0.679 e. The molecule has 8 heteroatoms. The monoisotopic (exact) mass is 653 g/mol. The van der Waals surface area contributed by atoms with E-state index >= 15 is 8.63 Å². The molecule has 1 aromatic heterocycles. The Labute approximate surface area is 248 Å². The molecule has 6 rings (SSSR count). The fourth-order valence-corrected chi connectivity index (χ4v) is 6.38. The van der Waals surface area contributed by atoms with Crippen molar-refractivity contribution in [2.75, 3.05) is 0 Å². The van der Waals surface area contributed by atoms with Crippen molar-refractivity contribution >= 4 is 62.2 Å². The third kappa shape index (κ3) is 4.82. The van der Waals surface area contributed by atoms with Gasteiger partial charge in [0.25, 0.3) is 0 Å². The number of allylic oxidation sites excluding steroid dienone is 1. The van der Waals surface area contributed by atoms with E-state index < -0.39 is 7.40 Å². The molecule has 3 nitrogen and oxygen atoms in total. The van der Waals surface area contributed by atoms with Crippen molar-refractivity contribution in [3.8, 4) is 22.4 Å². The topological polar surface area (TPSA) is 29.6 Å². The normalized spacial score (nSPS) is 14.1. The highest BCUT2D eigenvalue weighted by Gasteiger charge is 2.33. The smallest absolute Gasteiger partial charge is 0.308 e. The van der Waals surface area contributed by atoms with Gasteiger partial charge in [0, 0.05) is 16.7 Å². The van der Waals surface area contributed by atoms with Crippen LogP contribution in [0.2, 0.25) is 0 Å². The predicted octanol–water partition coefficient (Wildman–Crippen LogP) is 9.70. The van der Waals surface area contributed by atoms with Crippen molar-refractivity contribution in [2.24, 2.45) is 9.98 Å². The van der Waals surface area contributed by atoms with Crippen molar-refractivity contribution < 1.29 is 8.63 Å². The molecule has 0 saturated carbocycles. The Balaban J connectivity index is 1.67. The van der Waals surface area contributed by atoms with E-state index in [0.717, 1.165) is 31.2 Å². The molecule has 194 valence electrons. The lowest BCUT2D eigenvalue weighted by Crippen LogP contribution is -2.14. The standard InChI is InChI=1S/C32H20BBr2F2N3/c34-27-25(21-13-5-1-6-14-21)31(38-29(27)23-17-9-3-10-18-23)39-32-26(22-15-7-2-8-16-22)28(35)30(40(32)33(36)37)24-19-11-4-12-20-24/h1-20H/b39-31-. The number of amidine groups is 1. The van der Waals surface area contributed by atoms with E-state index in [0.29, 0.717) is 32.8 Å². The summed E-state index contributed by atoms with van der Waals surface area (Å²) in [5.41, 5.74) is 5.53. The van der Waals surface area contributed by atoms with Gasteiger partial charge in [-0.05, 0) is 48.6 Å². The summed E-state index contributed by atoms with van der Waals surface area (Å²) in [6.45, 7) is 0. The van der Waals surface area contributed by atoms with Crippen LogP contribution < -0.4 is 0 Å². The lowest BCUT2D eigenvalue weighted by Gasteiger charge is -2.10. The summed E-state index contributed by atoms with van der Waals surface area (Å²) in [6, 6.07) is 38.1. The lowest BCUT2D eigenvalue weighted by molar-refractivity contribution is 0.632. The number of hydrogen-bond acceptors (Lipinski definition) is 1. The van der Waals surface area contributed by atoms with Gasteiger partial charge in [-0.15, -0.1) is 0 Å². The average molecular weight is 655 g/mol. The zero-order chi connectivity index (χ0) is 27.6. The first-order valence-corrected chi connectivity index (χ1v) is 14.1. The summed E-state index contributed by atoms with van der Waals surface area (Å²) in [5, 5.41) is 0. The summed E-state index contributed by atoms with van der Waals surface area (Å²) in [4.78, 5) is 9.85. The van der Waals surface area contributed by atoms with Crippen LogP contribution in [0.5, 0.6) is 0 Å². The average Bonchev–Trinajstić information content (AvgIpc) is 3.48. The maximum absolute atomic E-state index is 15.0. The molecule has 0 atom stereocenters. The number of aliphatic imine (C=N–C) groups is 2. The Kier molecular flexibility index (Phi) is 7.45. The highest BCUT2D eigenvalue weighted by atomic mass is 79.9. The minimum Gasteiger partial charge on any atom is -0.308 e. The van der Waals surface area contributed by atoms with E-state index in [1.54, 1.807) is 0 Å². The van der Waals surface area contributed by atoms with Gasteiger partial charge < -0.3 is 4.48 Å². The minimum atomic E-state index is -2.85. The van der Waals surface area contributed by atoms with Gasteiger partial charge in [0.05, 0.1) is 20.4 Å². The third-order valence-electron chi connectivity index (χ3n) is 6.62. The van der Waals surface area contributed by atoms with Gasteiger partial charge in [-0.25, -0.2) is 9.98 Å². The van der Waals surface area contributed by atoms with Crippen molar-refractivity contribution in [1.82, 2.24) is 4.48 Å². The maximum atomic E-state index is 15.0. The van der Waals surface area contributed by atoms with Crippen LogP contribution >= 0.6 is 31.9 Å². The molecular weight excluding hydrogens is 635 g/mol. The number of benzene rings is 4. The molecule has 4 aromatic carbocycles. The summed E-state index contributed by atoms with van der Waals surface area (Å²) < 4.78 is 32.3. The second-order valence-corrected chi connectivity index (χ2v) is 10.6. The van der Waals surface area contributed by atoms with E-state index in [9.17, 15) is 0 Å². The quantitative estimate of drug-likeness (QED) is 0.163. The van der Waals surface area contributed by atoms with E-state index in [2.05, 4.69) is 31.9 Å². The molecule has 5 aromatic rings. The minimum absolute atomic E-state index is 0.119. The van der Waals surface area contributed by atoms with Crippen LogP contribution in [0.3, 0.4) is 0 Å². The first-order chi connectivity index (χ1) is 19.5. The fraction of sp³-hybridized carbons (Fsp3) is 0. The molecule has 0 aliphatic carbocycles. The van der Waals surface area contributed by atoms with Crippen LogP contribution in [-0.4, -0.2) is 23.4 Å². The molecular formula is C32H20BBr2F2N3. The van der Waals surface area contributed by atoms with Crippen molar-refractivity contribution in [3.63, 3.8) is 0 Å². The maximum Gasteiger partial charge on any atom is 0.679 e. The molecule has 40 heavy (non-hydrogen) atoms. The van der Waals surface area contributed by atoms with E-state index in [4.69, 9.17) is 9.98 Å². The summed E-state index contributed by atoms with van der Waals surface area (Å²) in [5.74, 6) is 0.467. The second-order valence-electron chi connectivity index (χ2n) is 9.06. The molecule has 0 bridgehead atoms. The number of hydrogen-bond donors (Lipinski definition) is 0. The Hall–Kier alpha value is -3.88. The molecule has 0 saturated heterocycles. The van der Waals surface area contributed by atoms with Crippen LogP contribution in [-0.2, 0) is 0 Å². The van der Waals surface area contributed by atoms with Crippen LogP contribution in [0, 0.1) is 0 Å². The Bertz CT molecular complexity index is 1770. The fourth-order valence-electron chi connectivity index (χ4n) is 4.83. The SMILES string of the molecule is FB(F)n1c(/N=C2\N=C(c3ccccc3)C(Br)=C2c2ccccc2)c(-c2ccccc2)c(Br)c1-c1ccccc1. The number of aromatic nitrogens is 1. The summed E-state index contributed by atoms with van der Waals surface area (Å²) in [7, 11) is -2.85. The predicted molar refractivity (Wildman–Crippen MR) is 169 cm³/mol. The molecule has 0 unspecified atom stereocenters. The number of rotatable bonds is 6. The molecule has 1 aliphatic heterocycles. The third-order valence-corrected chi connectivity index (χ3v) is 8.16. The van der Waals surface area contributed by atoms with Gasteiger partial charge in [0.15, 0.2) is 5.84 Å². The Morgan fingerprint density at radius 2 is 1.10 bits per heavy atom. The molecule has 0 fully saturated rings. The van der Waals surface area contributed by atoms with Crippen LogP contribution in [0.4, 0.5) is 14.4 Å². The van der Waals surface area contributed by atoms with Gasteiger partial charge in [-0.2, -0.15) is 0 Å². The zero-order valence-corrected chi connectivity index (χ0v) is 24.1. The molecule has 0 amide bonds. The number of nitrogens with zero attached hydrogens (tertiary/aromatic N) is 3. The highest BCUT2D eigenvalue weighted by molar-refractivity contribution is 9.12. The molecule has 2 heterocycles. The van der Waals surface area contributed by atoms with Crippen LogP contribution in [0.15, 0.2) is 140 Å². The molecule has 0 spiro atoms. The first kappa shape index (κ1) is 26.4. The molecule has 0 N–H and O–H groups in total. The van der Waals surface area contributed by atoms with Crippen molar-refractivity contribution in [2.45, 2.75) is 0 Å². The zero-order valence-electron chi connectivity index (χ0n) is 21.0. The van der Waals surface area contributed by atoms with E-state index in [1.807, 2.05) is 121 Å². The van der Waals surface area contributed by atoms with Crippen molar-refractivity contribution in [1.29, 1.82) is 0 Å².